The Morgan fingerprint density at radius 2 is 1.56 bits per heavy atom. The lowest BCUT2D eigenvalue weighted by Crippen LogP contribution is -2.45. The van der Waals surface area contributed by atoms with E-state index in [2.05, 4.69) is 0 Å². The molecule has 0 atom stereocenters. The minimum absolute atomic E-state index is 0.384. The van der Waals surface area contributed by atoms with Gasteiger partial charge in [-0.05, 0) is 20.8 Å². The predicted octanol–water partition coefficient (Wildman–Crippen LogP) is 1.68. The normalized spacial score (nSPS) is 12.2. The Hall–Kier alpha value is -0.693. The summed E-state index contributed by atoms with van der Waals surface area (Å²) in [5, 5.41) is 8.51. The van der Waals surface area contributed by atoms with E-state index < -0.39 is 14.8 Å². The topological polar surface area (TPSA) is 65.0 Å². The van der Waals surface area contributed by atoms with E-state index in [0.717, 1.165) is 6.08 Å². The average molecular weight is 248 g/mol. The number of carboxylic acids is 1. The Morgan fingerprint density at radius 1 is 1.12 bits per heavy atom. The van der Waals surface area contributed by atoms with Gasteiger partial charge in [-0.2, -0.15) is 0 Å². The van der Waals surface area contributed by atoms with E-state index in [9.17, 15) is 4.79 Å². The summed E-state index contributed by atoms with van der Waals surface area (Å²) in [5.74, 6) is -0.979. The zero-order valence-corrected chi connectivity index (χ0v) is 11.1. The largest absolute Gasteiger partial charge is 0.504 e. The molecule has 94 valence electrons. The highest BCUT2D eigenvalue weighted by molar-refractivity contribution is 6.61. The summed E-state index contributed by atoms with van der Waals surface area (Å²) in [4.78, 5) is 10.4. The van der Waals surface area contributed by atoms with E-state index in [1.54, 1.807) is 0 Å². The first-order valence-corrected chi connectivity index (χ1v) is 7.34. The van der Waals surface area contributed by atoms with Gasteiger partial charge in [-0.1, -0.05) is 6.08 Å². The molecule has 0 fully saturated rings. The molecule has 0 rings (SSSR count). The van der Waals surface area contributed by atoms with Crippen molar-refractivity contribution >= 4 is 14.8 Å². The number of allylic oxidation sites excluding steroid dienone is 1. The smallest absolute Gasteiger partial charge is 0.478 e. The van der Waals surface area contributed by atoms with E-state index >= 15 is 0 Å². The van der Waals surface area contributed by atoms with Crippen molar-refractivity contribution in [3.63, 3.8) is 0 Å². The fraction of sp³-hybridized carbons (Fsp3) is 0.700. The van der Waals surface area contributed by atoms with Crippen LogP contribution in [0.3, 0.4) is 0 Å². The van der Waals surface area contributed by atoms with Crippen LogP contribution in [0.5, 0.6) is 0 Å². The van der Waals surface area contributed by atoms with Gasteiger partial charge in [0.15, 0.2) is 0 Å². The first kappa shape index (κ1) is 15.3. The minimum atomic E-state index is -2.71. The van der Waals surface area contributed by atoms with E-state index in [1.165, 1.54) is 6.08 Å². The SMILES string of the molecule is CCO[Si](CC=CC(=O)O)(OCC)OCC. The zero-order valence-electron chi connectivity index (χ0n) is 10.1. The summed E-state index contributed by atoms with van der Waals surface area (Å²) in [6, 6.07) is 0.384. The van der Waals surface area contributed by atoms with E-state index in [0.29, 0.717) is 25.9 Å². The standard InChI is InChI=1S/C10H20O5Si/c1-4-13-16(14-5-2,15-6-3)9-7-8-10(11)12/h7-8H,4-6,9H2,1-3H3,(H,11,12). The lowest BCUT2D eigenvalue weighted by atomic mass is 10.5. The highest BCUT2D eigenvalue weighted by Gasteiger charge is 2.38. The summed E-state index contributed by atoms with van der Waals surface area (Å²) >= 11 is 0. The lowest BCUT2D eigenvalue weighted by molar-refractivity contribution is -0.131. The van der Waals surface area contributed by atoms with Gasteiger partial charge >= 0.3 is 14.8 Å². The molecule has 0 aromatic rings. The fourth-order valence-corrected chi connectivity index (χ4v) is 3.60. The molecule has 16 heavy (non-hydrogen) atoms. The summed E-state index contributed by atoms with van der Waals surface area (Å²) in [6.45, 7) is 7.06. The molecule has 0 radical (unpaired) electrons. The van der Waals surface area contributed by atoms with Crippen LogP contribution in [-0.2, 0) is 18.1 Å². The van der Waals surface area contributed by atoms with E-state index in [1.807, 2.05) is 20.8 Å². The molecular formula is C10H20O5Si. The van der Waals surface area contributed by atoms with Crippen LogP contribution in [0, 0.1) is 0 Å². The maximum Gasteiger partial charge on any atom is 0.504 e. The molecule has 0 unspecified atom stereocenters. The van der Waals surface area contributed by atoms with Crippen molar-refractivity contribution < 1.29 is 23.2 Å². The number of aliphatic carboxylic acids is 1. The molecule has 0 aliphatic carbocycles. The molecule has 0 spiro atoms. The number of carbonyl (C=O) groups is 1. The summed E-state index contributed by atoms with van der Waals surface area (Å²) in [6.07, 6.45) is 2.61. The molecule has 0 aliphatic heterocycles. The number of hydrogen-bond acceptors (Lipinski definition) is 4. The Balaban J connectivity index is 4.51. The van der Waals surface area contributed by atoms with E-state index in [4.69, 9.17) is 18.4 Å². The number of rotatable bonds is 9. The van der Waals surface area contributed by atoms with Crippen molar-refractivity contribution in [1.29, 1.82) is 0 Å². The fourth-order valence-electron chi connectivity index (χ4n) is 1.27. The van der Waals surface area contributed by atoms with Crippen molar-refractivity contribution in [3.05, 3.63) is 12.2 Å². The highest BCUT2D eigenvalue weighted by atomic mass is 28.4. The molecule has 0 aromatic carbocycles. The molecule has 1 N–H and O–H groups in total. The molecule has 6 heteroatoms. The van der Waals surface area contributed by atoms with Crippen molar-refractivity contribution in [2.24, 2.45) is 0 Å². The molecule has 0 saturated heterocycles. The molecule has 0 amide bonds. The zero-order chi connectivity index (χ0) is 12.4. The summed E-state index contributed by atoms with van der Waals surface area (Å²) < 4.78 is 16.6. The summed E-state index contributed by atoms with van der Waals surface area (Å²) in [7, 11) is -2.71. The van der Waals surface area contributed by atoms with Gasteiger partial charge in [-0.3, -0.25) is 0 Å². The van der Waals surface area contributed by atoms with Gasteiger partial charge < -0.3 is 18.4 Å². The second-order valence-electron chi connectivity index (χ2n) is 2.93. The van der Waals surface area contributed by atoms with Crippen LogP contribution in [0.1, 0.15) is 20.8 Å². The van der Waals surface area contributed by atoms with Crippen LogP contribution in [0.15, 0.2) is 12.2 Å². The monoisotopic (exact) mass is 248 g/mol. The van der Waals surface area contributed by atoms with Crippen LogP contribution in [0.4, 0.5) is 0 Å². The van der Waals surface area contributed by atoms with Crippen LogP contribution >= 0.6 is 0 Å². The molecule has 0 heterocycles. The van der Waals surface area contributed by atoms with Crippen molar-refractivity contribution in [1.82, 2.24) is 0 Å². The van der Waals surface area contributed by atoms with E-state index in [-0.39, 0.29) is 0 Å². The van der Waals surface area contributed by atoms with Gasteiger partial charge in [0, 0.05) is 31.9 Å². The molecule has 5 nitrogen and oxygen atoms in total. The second kappa shape index (κ2) is 8.46. The Kier molecular flexibility index (Phi) is 8.09. The molecule has 0 saturated carbocycles. The lowest BCUT2D eigenvalue weighted by Gasteiger charge is -2.27. The third-order valence-electron chi connectivity index (χ3n) is 1.72. The maximum absolute atomic E-state index is 10.4. The third kappa shape index (κ3) is 6.01. The number of carboxylic acid groups (broad SMARTS) is 1. The first-order valence-electron chi connectivity index (χ1n) is 5.41. The molecular weight excluding hydrogens is 228 g/mol. The van der Waals surface area contributed by atoms with Gasteiger partial charge in [-0.15, -0.1) is 0 Å². The second-order valence-corrected chi connectivity index (χ2v) is 5.57. The van der Waals surface area contributed by atoms with Gasteiger partial charge in [0.2, 0.25) is 0 Å². The van der Waals surface area contributed by atoms with Crippen LogP contribution < -0.4 is 0 Å². The summed E-state index contributed by atoms with van der Waals surface area (Å²) in [5.41, 5.74) is 0. The molecule has 0 aromatic heterocycles. The van der Waals surface area contributed by atoms with Gasteiger partial charge in [0.1, 0.15) is 0 Å². The van der Waals surface area contributed by atoms with Gasteiger partial charge in [0.05, 0.1) is 0 Å². The predicted molar refractivity (Wildman–Crippen MR) is 62.2 cm³/mol. The maximum atomic E-state index is 10.4. The molecule has 0 aliphatic rings. The van der Waals surface area contributed by atoms with Gasteiger partial charge in [0.25, 0.3) is 0 Å². The quantitative estimate of drug-likeness (QED) is 0.497. The average Bonchev–Trinajstić information content (AvgIpc) is 2.18. The Morgan fingerprint density at radius 3 is 1.88 bits per heavy atom. The van der Waals surface area contributed by atoms with Gasteiger partial charge in [-0.25, -0.2) is 4.79 Å². The van der Waals surface area contributed by atoms with Crippen molar-refractivity contribution in [2.75, 3.05) is 19.8 Å². The van der Waals surface area contributed by atoms with Crippen molar-refractivity contribution in [2.45, 2.75) is 26.8 Å². The van der Waals surface area contributed by atoms with Crippen LogP contribution in [0.2, 0.25) is 6.04 Å². The van der Waals surface area contributed by atoms with Crippen molar-refractivity contribution in [3.8, 4) is 0 Å². The highest BCUT2D eigenvalue weighted by Crippen LogP contribution is 2.16. The Labute approximate surface area is 97.4 Å². The third-order valence-corrected chi connectivity index (χ3v) is 4.64. The Bertz CT molecular complexity index is 212. The first-order chi connectivity index (χ1) is 7.60. The number of hydrogen-bond donors (Lipinski definition) is 1. The minimum Gasteiger partial charge on any atom is -0.478 e. The van der Waals surface area contributed by atoms with Crippen LogP contribution in [0.25, 0.3) is 0 Å². The van der Waals surface area contributed by atoms with Crippen LogP contribution in [-0.4, -0.2) is 39.7 Å². The molecule has 0 bridgehead atoms.